The monoisotopic (exact) mass is 245 g/mol. The normalized spacial score (nSPS) is 22.2. The van der Waals surface area contributed by atoms with Crippen molar-refractivity contribution in [3.05, 3.63) is 34.9 Å². The lowest BCUT2D eigenvalue weighted by atomic mass is 9.91. The molecule has 0 saturated carbocycles. The summed E-state index contributed by atoms with van der Waals surface area (Å²) in [7, 11) is 0. The number of nitrogens with zero attached hydrogens (tertiary/aromatic N) is 1. The molecule has 1 aliphatic heterocycles. The maximum Gasteiger partial charge on any atom is 0.161 e. The zero-order chi connectivity index (χ0) is 13.3. The van der Waals surface area contributed by atoms with Crippen LogP contribution in [0.3, 0.4) is 0 Å². The van der Waals surface area contributed by atoms with Gasteiger partial charge in [-0.3, -0.25) is 9.79 Å². The molecule has 0 bridgehead atoms. The highest BCUT2D eigenvalue weighted by atomic mass is 16.3. The Kier molecular flexibility index (Phi) is 3.35. The predicted molar refractivity (Wildman–Crippen MR) is 72.7 cm³/mol. The molecule has 1 N–H and O–H groups in total. The molecule has 2 rings (SSSR count). The molecule has 1 heterocycles. The maximum atomic E-state index is 11.4. The van der Waals surface area contributed by atoms with Gasteiger partial charge in [-0.15, -0.1) is 0 Å². The Morgan fingerprint density at radius 2 is 2.17 bits per heavy atom. The minimum Gasteiger partial charge on any atom is -0.390 e. The van der Waals surface area contributed by atoms with Crippen LogP contribution < -0.4 is 0 Å². The zero-order valence-electron chi connectivity index (χ0n) is 11.1. The van der Waals surface area contributed by atoms with E-state index in [9.17, 15) is 9.90 Å². The molecular formula is C15H19NO2. The second-order valence-electron chi connectivity index (χ2n) is 5.54. The highest BCUT2D eigenvalue weighted by Gasteiger charge is 2.23. The molecule has 96 valence electrons. The smallest absolute Gasteiger partial charge is 0.161 e. The van der Waals surface area contributed by atoms with E-state index in [0.29, 0.717) is 5.57 Å². The first-order valence-corrected chi connectivity index (χ1v) is 6.26. The molecule has 1 atom stereocenters. The largest absolute Gasteiger partial charge is 0.390 e. The van der Waals surface area contributed by atoms with Crippen molar-refractivity contribution in [2.24, 2.45) is 4.99 Å². The van der Waals surface area contributed by atoms with Gasteiger partial charge in [-0.25, -0.2) is 0 Å². The molecule has 2 aliphatic rings. The first-order valence-electron chi connectivity index (χ1n) is 6.26. The number of carbonyl (C=O) groups excluding carboxylic acids is 1. The van der Waals surface area contributed by atoms with Crippen molar-refractivity contribution < 1.29 is 9.90 Å². The third kappa shape index (κ3) is 2.85. The summed E-state index contributed by atoms with van der Waals surface area (Å²) in [6.07, 6.45) is 9.30. The molecule has 0 aromatic carbocycles. The Morgan fingerprint density at radius 1 is 1.44 bits per heavy atom. The molecule has 18 heavy (non-hydrogen) atoms. The van der Waals surface area contributed by atoms with E-state index < -0.39 is 5.60 Å². The summed E-state index contributed by atoms with van der Waals surface area (Å²) in [5.74, 6) is 0.0641. The van der Waals surface area contributed by atoms with Gasteiger partial charge in [0.05, 0.1) is 11.6 Å². The van der Waals surface area contributed by atoms with Gasteiger partial charge in [-0.05, 0) is 44.8 Å². The SMILES string of the molecule is CC(=O)C1=C2C=CC(CCC(C)(C)O)=C[C@@H]2N=C1. The average molecular weight is 245 g/mol. The molecule has 1 aliphatic carbocycles. The van der Waals surface area contributed by atoms with Crippen LogP contribution in [-0.4, -0.2) is 28.7 Å². The van der Waals surface area contributed by atoms with Crippen LogP contribution in [0.5, 0.6) is 0 Å². The van der Waals surface area contributed by atoms with E-state index in [1.54, 1.807) is 13.1 Å². The second kappa shape index (κ2) is 4.65. The summed E-state index contributed by atoms with van der Waals surface area (Å²) in [5, 5.41) is 9.72. The number of aliphatic imine (C=N–C) groups is 1. The number of hydrogen-bond acceptors (Lipinski definition) is 3. The van der Waals surface area contributed by atoms with Gasteiger partial charge in [0.2, 0.25) is 0 Å². The molecule has 0 radical (unpaired) electrons. The van der Waals surface area contributed by atoms with Gasteiger partial charge in [-0.1, -0.05) is 18.2 Å². The van der Waals surface area contributed by atoms with Crippen molar-refractivity contribution in [1.29, 1.82) is 0 Å². The molecule has 0 aromatic heterocycles. The first kappa shape index (κ1) is 13.0. The fourth-order valence-corrected chi connectivity index (χ4v) is 2.16. The van der Waals surface area contributed by atoms with Crippen molar-refractivity contribution in [3.8, 4) is 0 Å². The van der Waals surface area contributed by atoms with Crippen LogP contribution in [0.15, 0.2) is 39.9 Å². The number of ketones is 1. The van der Waals surface area contributed by atoms with Gasteiger partial charge in [0.1, 0.15) is 0 Å². The van der Waals surface area contributed by atoms with E-state index in [1.165, 1.54) is 5.57 Å². The number of Topliss-reactive ketones (excluding diaryl/α,β-unsaturated/α-hetero) is 1. The van der Waals surface area contributed by atoms with Crippen molar-refractivity contribution in [1.82, 2.24) is 0 Å². The summed E-state index contributed by atoms with van der Waals surface area (Å²) in [6, 6.07) is -0.00861. The summed E-state index contributed by atoms with van der Waals surface area (Å²) >= 11 is 0. The van der Waals surface area contributed by atoms with E-state index in [4.69, 9.17) is 0 Å². The van der Waals surface area contributed by atoms with Gasteiger partial charge >= 0.3 is 0 Å². The molecule has 0 saturated heterocycles. The minimum absolute atomic E-state index is 0.00861. The number of rotatable bonds is 4. The molecule has 0 aromatic rings. The summed E-state index contributed by atoms with van der Waals surface area (Å²) in [6.45, 7) is 5.19. The van der Waals surface area contributed by atoms with Crippen LogP contribution in [0.25, 0.3) is 0 Å². The number of hydrogen-bond donors (Lipinski definition) is 1. The number of carbonyl (C=O) groups is 1. The molecule has 0 fully saturated rings. The number of aliphatic hydroxyl groups is 1. The highest BCUT2D eigenvalue weighted by Crippen LogP contribution is 2.29. The van der Waals surface area contributed by atoms with E-state index in [0.717, 1.165) is 18.4 Å². The number of allylic oxidation sites excluding steroid dienone is 3. The molecule has 3 heteroatoms. The standard InChI is InChI=1S/C15H19NO2/c1-10(17)13-9-16-14-8-11(4-5-12(13)14)6-7-15(2,3)18/h4-5,8-9,14,18H,6-7H2,1-3H3/t14-/m0/s1. The lowest BCUT2D eigenvalue weighted by molar-refractivity contribution is -0.113. The zero-order valence-corrected chi connectivity index (χ0v) is 11.1. The van der Waals surface area contributed by atoms with Crippen LogP contribution in [-0.2, 0) is 4.79 Å². The van der Waals surface area contributed by atoms with Gasteiger partial charge in [-0.2, -0.15) is 0 Å². The van der Waals surface area contributed by atoms with Crippen LogP contribution in [0.1, 0.15) is 33.6 Å². The Labute approximate surface area is 108 Å². The van der Waals surface area contributed by atoms with Crippen molar-refractivity contribution in [2.45, 2.75) is 45.3 Å². The minimum atomic E-state index is -0.645. The van der Waals surface area contributed by atoms with E-state index in [1.807, 2.05) is 26.0 Å². The summed E-state index contributed by atoms with van der Waals surface area (Å²) < 4.78 is 0. The quantitative estimate of drug-likeness (QED) is 0.826. The Bertz CT molecular complexity index is 487. The molecule has 0 amide bonds. The van der Waals surface area contributed by atoms with Crippen molar-refractivity contribution in [2.75, 3.05) is 0 Å². The lowest BCUT2D eigenvalue weighted by Gasteiger charge is -2.19. The van der Waals surface area contributed by atoms with Crippen LogP contribution in [0, 0.1) is 0 Å². The third-order valence-corrected chi connectivity index (χ3v) is 3.25. The van der Waals surface area contributed by atoms with E-state index in [-0.39, 0.29) is 11.8 Å². The molecule has 0 unspecified atom stereocenters. The predicted octanol–water partition coefficient (Wildman–Crippen LogP) is 2.37. The first-order chi connectivity index (χ1) is 8.37. The molecule has 3 nitrogen and oxygen atoms in total. The fourth-order valence-electron chi connectivity index (χ4n) is 2.16. The summed E-state index contributed by atoms with van der Waals surface area (Å²) in [5.41, 5.74) is 2.24. The van der Waals surface area contributed by atoms with E-state index in [2.05, 4.69) is 11.1 Å². The Balaban J connectivity index is 2.10. The number of fused-ring (bicyclic) bond motifs is 1. The molecule has 0 spiro atoms. The van der Waals surface area contributed by atoms with E-state index >= 15 is 0 Å². The van der Waals surface area contributed by atoms with Crippen molar-refractivity contribution >= 4 is 12.0 Å². The van der Waals surface area contributed by atoms with Gasteiger partial charge < -0.3 is 5.11 Å². The second-order valence-corrected chi connectivity index (χ2v) is 5.54. The van der Waals surface area contributed by atoms with Gasteiger partial charge in [0.25, 0.3) is 0 Å². The lowest BCUT2D eigenvalue weighted by Crippen LogP contribution is -2.18. The summed E-state index contributed by atoms with van der Waals surface area (Å²) in [4.78, 5) is 15.7. The fraction of sp³-hybridized carbons (Fsp3) is 0.467. The Hall–Kier alpha value is -1.48. The topological polar surface area (TPSA) is 49.7 Å². The average Bonchev–Trinajstić information content (AvgIpc) is 2.68. The third-order valence-electron chi connectivity index (χ3n) is 3.25. The van der Waals surface area contributed by atoms with Crippen molar-refractivity contribution in [3.63, 3.8) is 0 Å². The highest BCUT2D eigenvalue weighted by molar-refractivity contribution is 6.15. The molecular weight excluding hydrogens is 226 g/mol. The Morgan fingerprint density at radius 3 is 2.78 bits per heavy atom. The van der Waals surface area contributed by atoms with Gasteiger partial charge in [0.15, 0.2) is 5.78 Å². The van der Waals surface area contributed by atoms with Crippen LogP contribution in [0.4, 0.5) is 0 Å². The van der Waals surface area contributed by atoms with Crippen LogP contribution >= 0.6 is 0 Å². The van der Waals surface area contributed by atoms with Gasteiger partial charge in [0, 0.05) is 11.8 Å². The maximum absolute atomic E-state index is 11.4. The van der Waals surface area contributed by atoms with Crippen LogP contribution in [0.2, 0.25) is 0 Å².